The van der Waals surface area contributed by atoms with Gasteiger partial charge in [0.15, 0.2) is 6.10 Å². The monoisotopic (exact) mass is 394 g/mol. The molecule has 1 aliphatic rings. The van der Waals surface area contributed by atoms with Gasteiger partial charge in [-0.2, -0.15) is 0 Å². The molecular formula is C17H19BrN2O4. The van der Waals surface area contributed by atoms with E-state index in [1.54, 1.807) is 6.92 Å². The Bertz CT molecular complexity index is 773. The number of ether oxygens (including phenoxy) is 1. The number of aromatic amines is 1. The minimum absolute atomic E-state index is 0.163. The quantitative estimate of drug-likeness (QED) is 0.726. The number of halogens is 1. The Balaban J connectivity index is 1.55. The maximum Gasteiger partial charge on any atom is 0.333 e. The van der Waals surface area contributed by atoms with Gasteiger partial charge in [-0.15, -0.1) is 0 Å². The number of H-pyrrole nitrogens is 1. The number of carbonyl (C=O) groups is 2. The van der Waals surface area contributed by atoms with E-state index in [2.05, 4.69) is 26.2 Å². The number of nitrogens with one attached hydrogen (secondary N) is 2. The van der Waals surface area contributed by atoms with Crippen LogP contribution in [0.3, 0.4) is 0 Å². The van der Waals surface area contributed by atoms with E-state index in [0.29, 0.717) is 19.4 Å². The largest absolute Gasteiger partial charge is 0.479 e. The lowest BCUT2D eigenvalue weighted by atomic mass is 10.0. The summed E-state index contributed by atoms with van der Waals surface area (Å²) in [6.45, 7) is 2.26. The number of aromatic nitrogens is 1. The van der Waals surface area contributed by atoms with Crippen molar-refractivity contribution in [3.8, 4) is 0 Å². The van der Waals surface area contributed by atoms with E-state index in [0.717, 1.165) is 20.9 Å². The van der Waals surface area contributed by atoms with Gasteiger partial charge in [0.1, 0.15) is 6.10 Å². The summed E-state index contributed by atoms with van der Waals surface area (Å²) >= 11 is 3.50. The molecule has 0 unspecified atom stereocenters. The zero-order chi connectivity index (χ0) is 17.3. The standard InChI is InChI=1S/C17H19BrN2O4/c1-9-7-13(24-15(9)17(22)23)16(21)19-6-5-10-8-20-14-11(10)3-2-4-12(14)18/h2-4,8-9,13,15,20H,5-7H2,1H3,(H,19,21)(H,22,23)/t9-,13-,15-/m1/s1. The van der Waals surface area contributed by atoms with Crippen LogP contribution in [0.5, 0.6) is 0 Å². The fourth-order valence-corrected chi connectivity index (χ4v) is 3.60. The first-order chi connectivity index (χ1) is 11.5. The predicted molar refractivity (Wildman–Crippen MR) is 92.8 cm³/mol. The molecule has 6 nitrogen and oxygen atoms in total. The third kappa shape index (κ3) is 3.32. The molecule has 1 aliphatic heterocycles. The van der Waals surface area contributed by atoms with E-state index in [9.17, 15) is 9.59 Å². The third-order valence-electron chi connectivity index (χ3n) is 4.39. The molecule has 1 fully saturated rings. The number of aliphatic carboxylic acids is 1. The highest BCUT2D eigenvalue weighted by atomic mass is 79.9. The van der Waals surface area contributed by atoms with Gasteiger partial charge in [0.25, 0.3) is 0 Å². The number of carboxylic acid groups (broad SMARTS) is 1. The van der Waals surface area contributed by atoms with Gasteiger partial charge in [0.2, 0.25) is 5.91 Å². The highest BCUT2D eigenvalue weighted by Gasteiger charge is 2.40. The van der Waals surface area contributed by atoms with Crippen molar-refractivity contribution < 1.29 is 19.4 Å². The van der Waals surface area contributed by atoms with Crippen molar-refractivity contribution in [1.82, 2.24) is 10.3 Å². The van der Waals surface area contributed by atoms with Crippen LogP contribution >= 0.6 is 15.9 Å². The number of benzene rings is 1. The van der Waals surface area contributed by atoms with E-state index in [-0.39, 0.29) is 11.8 Å². The third-order valence-corrected chi connectivity index (χ3v) is 5.05. The molecule has 0 aliphatic carbocycles. The summed E-state index contributed by atoms with van der Waals surface area (Å²) in [6.07, 6.45) is 1.48. The minimum atomic E-state index is -1.01. The number of hydrogen-bond acceptors (Lipinski definition) is 3. The predicted octanol–water partition coefficient (Wildman–Crippen LogP) is 2.47. The summed E-state index contributed by atoms with van der Waals surface area (Å²) in [5, 5.41) is 13.0. The second-order valence-electron chi connectivity index (χ2n) is 6.11. The van der Waals surface area contributed by atoms with E-state index < -0.39 is 18.2 Å². The number of rotatable bonds is 5. The first-order valence-corrected chi connectivity index (χ1v) is 8.67. The molecule has 1 amide bonds. The maximum absolute atomic E-state index is 12.2. The van der Waals surface area contributed by atoms with E-state index in [1.165, 1.54) is 0 Å². The molecule has 128 valence electrons. The zero-order valence-electron chi connectivity index (χ0n) is 13.2. The number of para-hydroxylation sites is 1. The van der Waals surface area contributed by atoms with Gasteiger partial charge in [-0.3, -0.25) is 4.79 Å². The molecule has 3 N–H and O–H groups in total. The summed E-state index contributed by atoms with van der Waals surface area (Å²) in [5.41, 5.74) is 2.16. The summed E-state index contributed by atoms with van der Waals surface area (Å²) in [6, 6.07) is 5.98. The van der Waals surface area contributed by atoms with Gasteiger partial charge >= 0.3 is 5.97 Å². The summed E-state index contributed by atoms with van der Waals surface area (Å²) < 4.78 is 6.35. The smallest absolute Gasteiger partial charge is 0.333 e. The highest BCUT2D eigenvalue weighted by Crippen LogP contribution is 2.27. The molecular weight excluding hydrogens is 376 g/mol. The Kier molecular flexibility index (Phi) is 4.91. The molecule has 0 radical (unpaired) electrons. The number of hydrogen-bond donors (Lipinski definition) is 3. The fraction of sp³-hybridized carbons (Fsp3) is 0.412. The van der Waals surface area contributed by atoms with Crippen LogP contribution in [0.4, 0.5) is 0 Å². The average Bonchev–Trinajstić information content (AvgIpc) is 3.12. The lowest BCUT2D eigenvalue weighted by molar-refractivity contribution is -0.153. The summed E-state index contributed by atoms with van der Waals surface area (Å²) in [5.74, 6) is -1.42. The Hall–Kier alpha value is -1.86. The summed E-state index contributed by atoms with van der Waals surface area (Å²) in [4.78, 5) is 26.4. The van der Waals surface area contributed by atoms with Crippen molar-refractivity contribution >= 4 is 38.7 Å². The maximum atomic E-state index is 12.2. The van der Waals surface area contributed by atoms with Crippen LogP contribution in [-0.2, 0) is 20.7 Å². The van der Waals surface area contributed by atoms with Gasteiger partial charge in [-0.1, -0.05) is 19.1 Å². The van der Waals surface area contributed by atoms with Crippen molar-refractivity contribution in [3.05, 3.63) is 34.4 Å². The van der Waals surface area contributed by atoms with Gasteiger partial charge in [0, 0.05) is 22.6 Å². The Morgan fingerprint density at radius 2 is 2.25 bits per heavy atom. The molecule has 3 rings (SSSR count). The van der Waals surface area contributed by atoms with E-state index in [1.807, 2.05) is 24.4 Å². The lowest BCUT2D eigenvalue weighted by Crippen LogP contribution is -2.36. The highest BCUT2D eigenvalue weighted by molar-refractivity contribution is 9.10. The van der Waals surface area contributed by atoms with Gasteiger partial charge in [-0.05, 0) is 46.3 Å². The molecule has 7 heteroatoms. The van der Waals surface area contributed by atoms with Crippen molar-refractivity contribution in [2.45, 2.75) is 32.0 Å². The van der Waals surface area contributed by atoms with E-state index >= 15 is 0 Å². The lowest BCUT2D eigenvalue weighted by Gasteiger charge is -2.11. The van der Waals surface area contributed by atoms with Crippen LogP contribution in [0, 0.1) is 5.92 Å². The molecule has 1 aromatic heterocycles. The van der Waals surface area contributed by atoms with Crippen LogP contribution in [0.25, 0.3) is 10.9 Å². The molecule has 0 bridgehead atoms. The Morgan fingerprint density at radius 3 is 2.96 bits per heavy atom. The van der Waals surface area contributed by atoms with Crippen LogP contribution in [0.1, 0.15) is 18.9 Å². The molecule has 0 spiro atoms. The topological polar surface area (TPSA) is 91.4 Å². The normalized spacial score (nSPS) is 23.5. The van der Waals surface area contributed by atoms with Crippen LogP contribution < -0.4 is 5.32 Å². The molecule has 24 heavy (non-hydrogen) atoms. The van der Waals surface area contributed by atoms with E-state index in [4.69, 9.17) is 9.84 Å². The second-order valence-corrected chi connectivity index (χ2v) is 6.97. The van der Waals surface area contributed by atoms with Gasteiger partial charge in [-0.25, -0.2) is 4.79 Å². The number of fused-ring (bicyclic) bond motifs is 1. The Morgan fingerprint density at radius 1 is 1.46 bits per heavy atom. The van der Waals surface area contributed by atoms with Crippen molar-refractivity contribution in [2.75, 3.05) is 6.54 Å². The number of amides is 1. The fourth-order valence-electron chi connectivity index (χ4n) is 3.11. The second kappa shape index (κ2) is 6.94. The van der Waals surface area contributed by atoms with Crippen LogP contribution in [0.15, 0.2) is 28.9 Å². The van der Waals surface area contributed by atoms with Gasteiger partial charge < -0.3 is 20.1 Å². The molecule has 1 saturated heterocycles. The average molecular weight is 395 g/mol. The molecule has 2 aromatic rings. The van der Waals surface area contributed by atoms with Crippen molar-refractivity contribution in [1.29, 1.82) is 0 Å². The summed E-state index contributed by atoms with van der Waals surface area (Å²) in [7, 11) is 0. The van der Waals surface area contributed by atoms with Crippen molar-refractivity contribution in [3.63, 3.8) is 0 Å². The SMILES string of the molecule is C[C@@H]1C[C@H](C(=O)NCCc2c[nH]c3c(Br)cccc23)O[C@H]1C(=O)O. The Labute approximate surface area is 147 Å². The van der Waals surface area contributed by atoms with Gasteiger partial charge in [0.05, 0.1) is 5.52 Å². The molecule has 2 heterocycles. The van der Waals surface area contributed by atoms with Crippen LogP contribution in [0.2, 0.25) is 0 Å². The molecule has 3 atom stereocenters. The molecule has 1 aromatic carbocycles. The zero-order valence-corrected chi connectivity index (χ0v) is 14.8. The molecule has 0 saturated carbocycles. The first-order valence-electron chi connectivity index (χ1n) is 7.88. The van der Waals surface area contributed by atoms with Crippen LogP contribution in [-0.4, -0.2) is 40.7 Å². The number of carboxylic acids is 1. The first kappa shape index (κ1) is 17.0. The minimum Gasteiger partial charge on any atom is -0.479 e. The van der Waals surface area contributed by atoms with Crippen molar-refractivity contribution in [2.24, 2.45) is 5.92 Å². The number of carbonyl (C=O) groups excluding carboxylic acids is 1.